The second-order valence-corrected chi connectivity index (χ2v) is 4.44. The van der Waals surface area contributed by atoms with Gasteiger partial charge in [-0.25, -0.2) is 0 Å². The Labute approximate surface area is 112 Å². The molecule has 18 heavy (non-hydrogen) atoms. The largest absolute Gasteiger partial charge is 0.193 e. The fourth-order valence-electron chi connectivity index (χ4n) is 1.79. The molecular formula is C16H12ClN. The van der Waals surface area contributed by atoms with Crippen LogP contribution in [0.15, 0.2) is 54.6 Å². The van der Waals surface area contributed by atoms with Gasteiger partial charge in [0.1, 0.15) is 0 Å². The maximum Gasteiger partial charge on any atom is 0.0918 e. The van der Waals surface area contributed by atoms with E-state index in [1.807, 2.05) is 55.5 Å². The smallest absolute Gasteiger partial charge is 0.0918 e. The minimum atomic E-state index is 0.652. The summed E-state index contributed by atoms with van der Waals surface area (Å²) in [7, 11) is 0. The summed E-state index contributed by atoms with van der Waals surface area (Å²) in [5.41, 5.74) is 3.91. The molecular weight excluding hydrogens is 242 g/mol. The number of aryl methyl sites for hydroxylation is 1. The first-order valence-corrected chi connectivity index (χ1v) is 6.02. The standard InChI is InChI=1S/C16H12ClN/c1-12-6-8-13(9-7-12)14(10-11-18)15-4-2-3-5-16(15)17/h2-10H,1H3/b14-10+. The molecule has 88 valence electrons. The average Bonchev–Trinajstić information content (AvgIpc) is 2.38. The zero-order valence-electron chi connectivity index (χ0n) is 10.0. The Morgan fingerprint density at radius 3 is 2.39 bits per heavy atom. The molecule has 0 aliphatic carbocycles. The van der Waals surface area contributed by atoms with Crippen LogP contribution < -0.4 is 0 Å². The predicted molar refractivity (Wildman–Crippen MR) is 75.3 cm³/mol. The van der Waals surface area contributed by atoms with Gasteiger partial charge in [-0.2, -0.15) is 5.26 Å². The maximum atomic E-state index is 8.94. The molecule has 0 heterocycles. The number of allylic oxidation sites excluding steroid dienone is 1. The number of nitriles is 1. The van der Waals surface area contributed by atoms with E-state index >= 15 is 0 Å². The van der Waals surface area contributed by atoms with Gasteiger partial charge in [-0.15, -0.1) is 0 Å². The maximum absolute atomic E-state index is 8.94. The summed E-state index contributed by atoms with van der Waals surface area (Å²) in [6.07, 6.45) is 1.53. The van der Waals surface area contributed by atoms with Crippen LogP contribution >= 0.6 is 11.6 Å². The molecule has 0 aliphatic rings. The van der Waals surface area contributed by atoms with Crippen molar-refractivity contribution in [1.29, 1.82) is 5.26 Å². The molecule has 0 radical (unpaired) electrons. The molecule has 0 N–H and O–H groups in total. The second-order valence-electron chi connectivity index (χ2n) is 4.03. The predicted octanol–water partition coefficient (Wildman–Crippen LogP) is 4.60. The van der Waals surface area contributed by atoms with E-state index in [1.165, 1.54) is 11.6 Å². The van der Waals surface area contributed by atoms with E-state index < -0.39 is 0 Å². The highest BCUT2D eigenvalue weighted by molar-refractivity contribution is 6.32. The molecule has 2 heteroatoms. The van der Waals surface area contributed by atoms with Gasteiger partial charge in [0.25, 0.3) is 0 Å². The van der Waals surface area contributed by atoms with Crippen molar-refractivity contribution < 1.29 is 0 Å². The molecule has 0 amide bonds. The van der Waals surface area contributed by atoms with Crippen LogP contribution in [-0.4, -0.2) is 0 Å². The Balaban J connectivity index is 2.55. The van der Waals surface area contributed by atoms with Crippen molar-refractivity contribution in [1.82, 2.24) is 0 Å². The highest BCUT2D eigenvalue weighted by atomic mass is 35.5. The van der Waals surface area contributed by atoms with E-state index in [4.69, 9.17) is 16.9 Å². The molecule has 2 rings (SSSR count). The van der Waals surface area contributed by atoms with Gasteiger partial charge in [0.2, 0.25) is 0 Å². The second kappa shape index (κ2) is 5.53. The van der Waals surface area contributed by atoms with Crippen LogP contribution in [-0.2, 0) is 0 Å². The van der Waals surface area contributed by atoms with E-state index in [1.54, 1.807) is 0 Å². The molecule has 0 bridgehead atoms. The van der Waals surface area contributed by atoms with Crippen molar-refractivity contribution in [2.45, 2.75) is 6.92 Å². The number of hydrogen-bond acceptors (Lipinski definition) is 1. The summed E-state index contributed by atoms with van der Waals surface area (Å²) >= 11 is 6.19. The van der Waals surface area contributed by atoms with Crippen molar-refractivity contribution in [3.05, 3.63) is 76.3 Å². The van der Waals surface area contributed by atoms with E-state index in [-0.39, 0.29) is 0 Å². The SMILES string of the molecule is Cc1ccc(/C(=C\C#N)c2ccccc2Cl)cc1. The molecule has 2 aromatic carbocycles. The van der Waals surface area contributed by atoms with Gasteiger partial charge in [-0.1, -0.05) is 59.6 Å². The zero-order valence-corrected chi connectivity index (χ0v) is 10.8. The Bertz CT molecular complexity index is 618. The van der Waals surface area contributed by atoms with Crippen LogP contribution in [0.5, 0.6) is 0 Å². The number of halogens is 1. The topological polar surface area (TPSA) is 23.8 Å². The third kappa shape index (κ3) is 2.61. The molecule has 0 fully saturated rings. The fraction of sp³-hybridized carbons (Fsp3) is 0.0625. The van der Waals surface area contributed by atoms with Crippen molar-refractivity contribution in [2.75, 3.05) is 0 Å². The van der Waals surface area contributed by atoms with E-state index in [0.717, 1.165) is 16.7 Å². The van der Waals surface area contributed by atoms with Crippen LogP contribution in [0.4, 0.5) is 0 Å². The zero-order chi connectivity index (χ0) is 13.0. The van der Waals surface area contributed by atoms with Crippen LogP contribution in [0.2, 0.25) is 5.02 Å². The Hall–Kier alpha value is -2.04. The van der Waals surface area contributed by atoms with Gasteiger partial charge in [0.05, 0.1) is 6.07 Å². The first-order chi connectivity index (χ1) is 8.72. The molecule has 0 atom stereocenters. The summed E-state index contributed by atoms with van der Waals surface area (Å²) in [4.78, 5) is 0. The summed E-state index contributed by atoms with van der Waals surface area (Å²) in [6, 6.07) is 17.7. The minimum Gasteiger partial charge on any atom is -0.193 e. The number of benzene rings is 2. The fourth-order valence-corrected chi connectivity index (χ4v) is 2.03. The third-order valence-electron chi connectivity index (χ3n) is 2.74. The Morgan fingerprint density at radius 1 is 1.11 bits per heavy atom. The van der Waals surface area contributed by atoms with Gasteiger partial charge in [-0.3, -0.25) is 0 Å². The molecule has 2 aromatic rings. The summed E-state index contributed by atoms with van der Waals surface area (Å²) in [5.74, 6) is 0. The van der Waals surface area contributed by atoms with E-state index in [2.05, 4.69) is 6.07 Å². The van der Waals surface area contributed by atoms with Crippen LogP contribution in [0, 0.1) is 18.3 Å². The monoisotopic (exact) mass is 253 g/mol. The lowest BCUT2D eigenvalue weighted by Gasteiger charge is -2.09. The lowest BCUT2D eigenvalue weighted by atomic mass is 9.97. The summed E-state index contributed by atoms with van der Waals surface area (Å²) < 4.78 is 0. The number of nitrogens with zero attached hydrogens (tertiary/aromatic N) is 1. The van der Waals surface area contributed by atoms with Gasteiger partial charge in [-0.05, 0) is 18.6 Å². The van der Waals surface area contributed by atoms with Crippen molar-refractivity contribution >= 4 is 17.2 Å². The van der Waals surface area contributed by atoms with Crippen molar-refractivity contribution in [2.24, 2.45) is 0 Å². The summed E-state index contributed by atoms with van der Waals surface area (Å²) in [6.45, 7) is 2.03. The molecule has 0 aromatic heterocycles. The highest BCUT2D eigenvalue weighted by Crippen LogP contribution is 2.29. The van der Waals surface area contributed by atoms with Crippen LogP contribution in [0.25, 0.3) is 5.57 Å². The first kappa shape index (κ1) is 12.4. The molecule has 1 nitrogen and oxygen atoms in total. The molecule has 0 spiro atoms. The van der Waals surface area contributed by atoms with Crippen LogP contribution in [0.3, 0.4) is 0 Å². The Morgan fingerprint density at radius 2 is 1.78 bits per heavy atom. The lowest BCUT2D eigenvalue weighted by molar-refractivity contribution is 1.44. The van der Waals surface area contributed by atoms with Gasteiger partial charge >= 0.3 is 0 Å². The number of hydrogen-bond donors (Lipinski definition) is 0. The quantitative estimate of drug-likeness (QED) is 0.718. The van der Waals surface area contributed by atoms with Crippen molar-refractivity contribution in [3.8, 4) is 6.07 Å². The van der Waals surface area contributed by atoms with Gasteiger partial charge in [0, 0.05) is 22.2 Å². The number of rotatable bonds is 2. The molecule has 0 saturated heterocycles. The molecule has 0 saturated carbocycles. The third-order valence-corrected chi connectivity index (χ3v) is 3.07. The van der Waals surface area contributed by atoms with Gasteiger partial charge in [0.15, 0.2) is 0 Å². The minimum absolute atomic E-state index is 0.652. The first-order valence-electron chi connectivity index (χ1n) is 5.64. The Kier molecular flexibility index (Phi) is 3.82. The molecule has 0 aliphatic heterocycles. The van der Waals surface area contributed by atoms with Crippen LogP contribution in [0.1, 0.15) is 16.7 Å². The van der Waals surface area contributed by atoms with E-state index in [9.17, 15) is 0 Å². The molecule has 0 unspecified atom stereocenters. The summed E-state index contributed by atoms with van der Waals surface area (Å²) in [5, 5.41) is 9.59. The highest BCUT2D eigenvalue weighted by Gasteiger charge is 2.08. The average molecular weight is 254 g/mol. The lowest BCUT2D eigenvalue weighted by Crippen LogP contribution is -1.89. The normalized spacial score (nSPS) is 11.1. The van der Waals surface area contributed by atoms with Gasteiger partial charge < -0.3 is 0 Å². The van der Waals surface area contributed by atoms with Crippen molar-refractivity contribution in [3.63, 3.8) is 0 Å². The van der Waals surface area contributed by atoms with E-state index in [0.29, 0.717) is 5.02 Å².